The SMILES string of the molecule is CCCC(CCC)C(Cc1ccccc1Cl)NN. The number of rotatable bonds is 8. The van der Waals surface area contributed by atoms with Gasteiger partial charge < -0.3 is 0 Å². The summed E-state index contributed by atoms with van der Waals surface area (Å²) in [6.07, 6.45) is 5.73. The Morgan fingerprint density at radius 2 is 1.78 bits per heavy atom. The van der Waals surface area contributed by atoms with E-state index in [0.29, 0.717) is 12.0 Å². The summed E-state index contributed by atoms with van der Waals surface area (Å²) in [6, 6.07) is 8.33. The van der Waals surface area contributed by atoms with E-state index in [9.17, 15) is 0 Å². The molecule has 0 spiro atoms. The van der Waals surface area contributed by atoms with Crippen LogP contribution in [0.2, 0.25) is 5.02 Å². The number of hydrogen-bond donors (Lipinski definition) is 2. The van der Waals surface area contributed by atoms with Gasteiger partial charge in [0.05, 0.1) is 0 Å². The van der Waals surface area contributed by atoms with E-state index in [1.807, 2.05) is 18.2 Å². The molecule has 0 radical (unpaired) electrons. The van der Waals surface area contributed by atoms with Gasteiger partial charge in [0.2, 0.25) is 0 Å². The molecule has 0 aromatic heterocycles. The molecular weight excluding hydrogens is 244 g/mol. The average molecular weight is 269 g/mol. The number of nitrogens with two attached hydrogens (primary N) is 1. The third-order valence-electron chi connectivity index (χ3n) is 3.50. The molecule has 3 heteroatoms. The fourth-order valence-corrected chi connectivity index (χ4v) is 2.76. The molecule has 1 unspecified atom stereocenters. The van der Waals surface area contributed by atoms with Gasteiger partial charge in [-0.1, -0.05) is 56.5 Å². The monoisotopic (exact) mass is 268 g/mol. The molecule has 1 atom stereocenters. The Kier molecular flexibility index (Phi) is 7.33. The van der Waals surface area contributed by atoms with Crippen molar-refractivity contribution in [2.75, 3.05) is 0 Å². The summed E-state index contributed by atoms with van der Waals surface area (Å²) in [6.45, 7) is 4.46. The van der Waals surface area contributed by atoms with E-state index in [4.69, 9.17) is 17.4 Å². The molecule has 102 valence electrons. The lowest BCUT2D eigenvalue weighted by molar-refractivity contribution is 0.311. The van der Waals surface area contributed by atoms with Crippen LogP contribution in [-0.4, -0.2) is 6.04 Å². The molecule has 0 heterocycles. The minimum absolute atomic E-state index is 0.310. The Bertz CT molecular complexity index is 335. The number of benzene rings is 1. The molecule has 2 nitrogen and oxygen atoms in total. The molecular formula is C15H25ClN2. The Hall–Kier alpha value is -0.570. The van der Waals surface area contributed by atoms with Crippen LogP contribution in [0.1, 0.15) is 45.1 Å². The van der Waals surface area contributed by atoms with Crippen molar-refractivity contribution in [1.82, 2.24) is 5.43 Å². The van der Waals surface area contributed by atoms with Gasteiger partial charge in [0.25, 0.3) is 0 Å². The second-order valence-electron chi connectivity index (χ2n) is 4.91. The predicted octanol–water partition coefficient (Wildman–Crippen LogP) is 3.93. The minimum atomic E-state index is 0.310. The van der Waals surface area contributed by atoms with E-state index in [2.05, 4.69) is 25.3 Å². The third kappa shape index (κ3) is 4.60. The molecule has 0 saturated carbocycles. The minimum Gasteiger partial charge on any atom is -0.271 e. The summed E-state index contributed by atoms with van der Waals surface area (Å²) < 4.78 is 0. The zero-order valence-corrected chi connectivity index (χ0v) is 12.2. The molecule has 0 aliphatic heterocycles. The van der Waals surface area contributed by atoms with Gasteiger partial charge in [-0.2, -0.15) is 0 Å². The van der Waals surface area contributed by atoms with Gasteiger partial charge in [-0.15, -0.1) is 0 Å². The standard InChI is InChI=1S/C15H25ClN2/c1-3-7-12(8-4-2)15(18-17)11-13-9-5-6-10-14(13)16/h5-6,9-10,12,15,18H,3-4,7-8,11,17H2,1-2H3. The normalized spacial score (nSPS) is 12.9. The first-order chi connectivity index (χ1) is 8.72. The zero-order chi connectivity index (χ0) is 13.4. The lowest BCUT2D eigenvalue weighted by atomic mass is 9.87. The highest BCUT2D eigenvalue weighted by Crippen LogP contribution is 2.23. The van der Waals surface area contributed by atoms with Gasteiger partial charge in [-0.3, -0.25) is 11.3 Å². The van der Waals surface area contributed by atoms with Crippen LogP contribution in [0.25, 0.3) is 0 Å². The van der Waals surface area contributed by atoms with Crippen LogP contribution in [-0.2, 0) is 6.42 Å². The van der Waals surface area contributed by atoms with Crippen molar-refractivity contribution >= 4 is 11.6 Å². The van der Waals surface area contributed by atoms with E-state index in [-0.39, 0.29) is 0 Å². The summed E-state index contributed by atoms with van der Waals surface area (Å²) in [7, 11) is 0. The van der Waals surface area contributed by atoms with Crippen LogP contribution < -0.4 is 11.3 Å². The zero-order valence-electron chi connectivity index (χ0n) is 11.5. The number of hydrazine groups is 1. The second kappa shape index (κ2) is 8.52. The van der Waals surface area contributed by atoms with E-state index in [0.717, 1.165) is 11.4 Å². The van der Waals surface area contributed by atoms with Crippen molar-refractivity contribution in [1.29, 1.82) is 0 Å². The second-order valence-corrected chi connectivity index (χ2v) is 5.31. The van der Waals surface area contributed by atoms with Crippen LogP contribution in [0.5, 0.6) is 0 Å². The lowest BCUT2D eigenvalue weighted by Crippen LogP contribution is -2.42. The van der Waals surface area contributed by atoms with Gasteiger partial charge in [-0.05, 0) is 36.8 Å². The van der Waals surface area contributed by atoms with E-state index in [1.165, 1.54) is 31.2 Å². The topological polar surface area (TPSA) is 38.0 Å². The molecule has 0 aliphatic rings. The number of hydrogen-bond acceptors (Lipinski definition) is 2. The molecule has 0 saturated heterocycles. The van der Waals surface area contributed by atoms with Crippen LogP contribution in [0, 0.1) is 5.92 Å². The molecule has 1 aromatic rings. The molecule has 0 amide bonds. The first kappa shape index (κ1) is 15.5. The summed E-state index contributed by atoms with van der Waals surface area (Å²) in [5, 5.41) is 0.837. The highest BCUT2D eigenvalue weighted by Gasteiger charge is 2.20. The Balaban J connectivity index is 2.73. The summed E-state index contributed by atoms with van der Waals surface area (Å²) >= 11 is 6.22. The quantitative estimate of drug-likeness (QED) is 0.554. The number of halogens is 1. The Labute approximate surface area is 116 Å². The van der Waals surface area contributed by atoms with Crippen molar-refractivity contribution in [2.24, 2.45) is 11.8 Å². The smallest absolute Gasteiger partial charge is 0.0438 e. The molecule has 1 rings (SSSR count). The van der Waals surface area contributed by atoms with Crippen molar-refractivity contribution < 1.29 is 0 Å². The van der Waals surface area contributed by atoms with Crippen LogP contribution in [0.4, 0.5) is 0 Å². The van der Waals surface area contributed by atoms with Gasteiger partial charge in [0.1, 0.15) is 0 Å². The van der Waals surface area contributed by atoms with Crippen molar-refractivity contribution in [3.8, 4) is 0 Å². The molecule has 1 aromatic carbocycles. The predicted molar refractivity (Wildman–Crippen MR) is 79.6 cm³/mol. The third-order valence-corrected chi connectivity index (χ3v) is 3.87. The average Bonchev–Trinajstić information content (AvgIpc) is 2.38. The molecule has 3 N–H and O–H groups in total. The van der Waals surface area contributed by atoms with Crippen LogP contribution >= 0.6 is 11.6 Å². The maximum Gasteiger partial charge on any atom is 0.0438 e. The summed E-state index contributed by atoms with van der Waals surface area (Å²) in [4.78, 5) is 0. The van der Waals surface area contributed by atoms with Gasteiger partial charge in [0.15, 0.2) is 0 Å². The molecule has 18 heavy (non-hydrogen) atoms. The molecule has 0 fully saturated rings. The van der Waals surface area contributed by atoms with Crippen molar-refractivity contribution in [3.05, 3.63) is 34.9 Å². The fourth-order valence-electron chi connectivity index (χ4n) is 2.55. The maximum atomic E-state index is 6.22. The van der Waals surface area contributed by atoms with E-state index in [1.54, 1.807) is 0 Å². The molecule has 0 aliphatic carbocycles. The fraction of sp³-hybridized carbons (Fsp3) is 0.600. The van der Waals surface area contributed by atoms with Gasteiger partial charge in [-0.25, -0.2) is 0 Å². The van der Waals surface area contributed by atoms with E-state index < -0.39 is 0 Å². The summed E-state index contributed by atoms with van der Waals surface area (Å²) in [5.41, 5.74) is 4.17. The Morgan fingerprint density at radius 1 is 1.17 bits per heavy atom. The van der Waals surface area contributed by atoms with Gasteiger partial charge in [0, 0.05) is 11.1 Å². The first-order valence-corrected chi connectivity index (χ1v) is 7.30. The highest BCUT2D eigenvalue weighted by molar-refractivity contribution is 6.31. The van der Waals surface area contributed by atoms with E-state index >= 15 is 0 Å². The molecule has 0 bridgehead atoms. The maximum absolute atomic E-state index is 6.22. The first-order valence-electron chi connectivity index (χ1n) is 6.92. The Morgan fingerprint density at radius 3 is 2.28 bits per heavy atom. The van der Waals surface area contributed by atoms with Crippen molar-refractivity contribution in [3.63, 3.8) is 0 Å². The lowest BCUT2D eigenvalue weighted by Gasteiger charge is -2.26. The van der Waals surface area contributed by atoms with Gasteiger partial charge >= 0.3 is 0 Å². The van der Waals surface area contributed by atoms with Crippen molar-refractivity contribution in [2.45, 2.75) is 52.0 Å². The number of nitrogens with one attached hydrogen (secondary N) is 1. The summed E-state index contributed by atoms with van der Waals surface area (Å²) in [5.74, 6) is 6.37. The van der Waals surface area contributed by atoms with Crippen LogP contribution in [0.15, 0.2) is 24.3 Å². The largest absolute Gasteiger partial charge is 0.271 e. The van der Waals surface area contributed by atoms with Crippen LogP contribution in [0.3, 0.4) is 0 Å². The highest BCUT2D eigenvalue weighted by atomic mass is 35.5.